The Balaban J connectivity index is 2.26. The molecule has 0 heterocycles. The molecule has 1 rings (SSSR count). The summed E-state index contributed by atoms with van der Waals surface area (Å²) in [6, 6.07) is 0. The minimum atomic E-state index is -0.309. The van der Waals surface area contributed by atoms with E-state index in [1.165, 1.54) is 19.3 Å². The first kappa shape index (κ1) is 12.1. The monoisotopic (exact) mass is 211 g/mol. The quantitative estimate of drug-likeness (QED) is 0.729. The summed E-state index contributed by atoms with van der Waals surface area (Å²) in [5.74, 6) is 0.495. The minimum Gasteiger partial charge on any atom is -0.446 e. The van der Waals surface area contributed by atoms with Crippen molar-refractivity contribution in [3.8, 4) is 0 Å². The summed E-state index contributed by atoms with van der Waals surface area (Å²) >= 11 is 0. The summed E-state index contributed by atoms with van der Waals surface area (Å²) in [4.78, 5) is 11.4. The molecular weight excluding hydrogens is 190 g/mol. The second kappa shape index (κ2) is 5.79. The van der Waals surface area contributed by atoms with Crippen molar-refractivity contribution in [3.63, 3.8) is 0 Å². The Morgan fingerprint density at radius 2 is 2.13 bits per heavy atom. The van der Waals surface area contributed by atoms with Crippen molar-refractivity contribution in [2.24, 2.45) is 5.92 Å². The number of nitrogens with one attached hydrogen (secondary N) is 1. The SMILES string of the molecule is C=C(C)CNC(=O)OC1CCCCC1C. The van der Waals surface area contributed by atoms with Crippen molar-refractivity contribution in [3.05, 3.63) is 12.2 Å². The van der Waals surface area contributed by atoms with Gasteiger partial charge in [0, 0.05) is 6.54 Å². The van der Waals surface area contributed by atoms with Gasteiger partial charge in [0.25, 0.3) is 0 Å². The Morgan fingerprint density at radius 1 is 1.47 bits per heavy atom. The molecule has 1 aliphatic rings. The highest BCUT2D eigenvalue weighted by molar-refractivity contribution is 5.67. The summed E-state index contributed by atoms with van der Waals surface area (Å²) in [6.07, 6.45) is 4.39. The van der Waals surface area contributed by atoms with Gasteiger partial charge in [-0.1, -0.05) is 25.5 Å². The first-order chi connectivity index (χ1) is 7.09. The van der Waals surface area contributed by atoms with Crippen molar-refractivity contribution < 1.29 is 9.53 Å². The number of hydrogen-bond donors (Lipinski definition) is 1. The number of hydrogen-bond acceptors (Lipinski definition) is 2. The maximum atomic E-state index is 11.4. The molecule has 0 bridgehead atoms. The van der Waals surface area contributed by atoms with Crippen LogP contribution in [0.15, 0.2) is 12.2 Å². The number of carbonyl (C=O) groups excluding carboxylic acids is 1. The van der Waals surface area contributed by atoms with E-state index in [2.05, 4.69) is 18.8 Å². The minimum absolute atomic E-state index is 0.101. The third kappa shape index (κ3) is 4.36. The highest BCUT2D eigenvalue weighted by atomic mass is 16.6. The molecule has 0 saturated heterocycles. The molecular formula is C12H21NO2. The molecule has 0 radical (unpaired) electrons. The smallest absolute Gasteiger partial charge is 0.407 e. The number of carbonyl (C=O) groups is 1. The Kier molecular flexibility index (Phi) is 4.66. The van der Waals surface area contributed by atoms with Crippen LogP contribution in [-0.2, 0) is 4.74 Å². The first-order valence-corrected chi connectivity index (χ1v) is 5.68. The van der Waals surface area contributed by atoms with E-state index in [1.54, 1.807) is 0 Å². The number of ether oxygens (including phenoxy) is 1. The third-order valence-electron chi connectivity index (χ3n) is 2.83. The maximum absolute atomic E-state index is 11.4. The lowest BCUT2D eigenvalue weighted by atomic mass is 9.88. The average Bonchev–Trinajstić information content (AvgIpc) is 2.18. The second-order valence-electron chi connectivity index (χ2n) is 4.52. The largest absolute Gasteiger partial charge is 0.446 e. The van der Waals surface area contributed by atoms with Gasteiger partial charge in [-0.15, -0.1) is 0 Å². The van der Waals surface area contributed by atoms with Crippen LogP contribution >= 0.6 is 0 Å². The standard InChI is InChI=1S/C12H21NO2/c1-9(2)8-13-12(14)15-11-7-5-4-6-10(11)3/h10-11H,1,4-8H2,2-3H3,(H,13,14). The van der Waals surface area contributed by atoms with E-state index >= 15 is 0 Å². The molecule has 0 spiro atoms. The van der Waals surface area contributed by atoms with Crippen molar-refractivity contribution in [2.75, 3.05) is 6.54 Å². The Labute approximate surface area is 91.9 Å². The van der Waals surface area contributed by atoms with Crippen LogP contribution in [0.5, 0.6) is 0 Å². The molecule has 1 saturated carbocycles. The molecule has 3 nitrogen and oxygen atoms in total. The van der Waals surface area contributed by atoms with Gasteiger partial charge in [-0.25, -0.2) is 4.79 Å². The van der Waals surface area contributed by atoms with Crippen LogP contribution in [0.1, 0.15) is 39.5 Å². The van der Waals surface area contributed by atoms with E-state index in [-0.39, 0.29) is 12.2 Å². The summed E-state index contributed by atoms with van der Waals surface area (Å²) < 4.78 is 5.36. The summed E-state index contributed by atoms with van der Waals surface area (Å²) in [5, 5.41) is 2.69. The lowest BCUT2D eigenvalue weighted by Crippen LogP contribution is -2.34. The van der Waals surface area contributed by atoms with E-state index in [1.807, 2.05) is 6.92 Å². The molecule has 0 aromatic carbocycles. The van der Waals surface area contributed by atoms with Crippen LogP contribution in [-0.4, -0.2) is 18.7 Å². The highest BCUT2D eigenvalue weighted by Crippen LogP contribution is 2.26. The van der Waals surface area contributed by atoms with Crippen LogP contribution in [0.4, 0.5) is 4.79 Å². The molecule has 1 fully saturated rings. The van der Waals surface area contributed by atoms with Gasteiger partial charge in [-0.2, -0.15) is 0 Å². The lowest BCUT2D eigenvalue weighted by Gasteiger charge is -2.28. The van der Waals surface area contributed by atoms with E-state index < -0.39 is 0 Å². The van der Waals surface area contributed by atoms with Crippen LogP contribution in [0.25, 0.3) is 0 Å². The number of alkyl carbamates (subject to hydrolysis) is 1. The molecule has 1 amide bonds. The lowest BCUT2D eigenvalue weighted by molar-refractivity contribution is 0.0440. The van der Waals surface area contributed by atoms with Crippen molar-refractivity contribution in [1.29, 1.82) is 0 Å². The molecule has 2 atom stereocenters. The molecule has 1 aliphatic carbocycles. The Bertz CT molecular complexity index is 238. The fourth-order valence-corrected chi connectivity index (χ4v) is 1.86. The molecule has 1 N–H and O–H groups in total. The molecule has 15 heavy (non-hydrogen) atoms. The van der Waals surface area contributed by atoms with Crippen LogP contribution < -0.4 is 5.32 Å². The number of rotatable bonds is 3. The van der Waals surface area contributed by atoms with Gasteiger partial charge in [0.05, 0.1) is 0 Å². The molecule has 0 aromatic rings. The highest BCUT2D eigenvalue weighted by Gasteiger charge is 2.24. The van der Waals surface area contributed by atoms with Gasteiger partial charge in [-0.05, 0) is 32.1 Å². The van der Waals surface area contributed by atoms with E-state index in [9.17, 15) is 4.79 Å². The zero-order valence-corrected chi connectivity index (χ0v) is 9.71. The molecule has 2 unspecified atom stereocenters. The topological polar surface area (TPSA) is 38.3 Å². The third-order valence-corrected chi connectivity index (χ3v) is 2.83. The maximum Gasteiger partial charge on any atom is 0.407 e. The van der Waals surface area contributed by atoms with Crippen LogP contribution in [0.3, 0.4) is 0 Å². The van der Waals surface area contributed by atoms with Crippen LogP contribution in [0.2, 0.25) is 0 Å². The normalized spacial score (nSPS) is 25.7. The van der Waals surface area contributed by atoms with Crippen molar-refractivity contribution in [1.82, 2.24) is 5.32 Å². The predicted molar refractivity (Wildman–Crippen MR) is 60.7 cm³/mol. The average molecular weight is 211 g/mol. The van der Waals surface area contributed by atoms with Gasteiger partial charge in [0.1, 0.15) is 6.10 Å². The molecule has 0 aromatic heterocycles. The van der Waals surface area contributed by atoms with E-state index in [4.69, 9.17) is 4.74 Å². The fraction of sp³-hybridized carbons (Fsp3) is 0.750. The van der Waals surface area contributed by atoms with Crippen molar-refractivity contribution >= 4 is 6.09 Å². The van der Waals surface area contributed by atoms with Gasteiger partial charge >= 0.3 is 6.09 Å². The van der Waals surface area contributed by atoms with Gasteiger partial charge in [0.15, 0.2) is 0 Å². The second-order valence-corrected chi connectivity index (χ2v) is 4.52. The first-order valence-electron chi connectivity index (χ1n) is 5.68. The fourth-order valence-electron chi connectivity index (χ4n) is 1.86. The van der Waals surface area contributed by atoms with Gasteiger partial charge in [0.2, 0.25) is 0 Å². The zero-order valence-electron chi connectivity index (χ0n) is 9.71. The van der Waals surface area contributed by atoms with Gasteiger partial charge in [-0.3, -0.25) is 0 Å². The summed E-state index contributed by atoms with van der Waals surface area (Å²) in [5.41, 5.74) is 0.934. The van der Waals surface area contributed by atoms with Gasteiger partial charge < -0.3 is 10.1 Å². The van der Waals surface area contributed by atoms with Crippen LogP contribution in [0, 0.1) is 5.92 Å². The molecule has 0 aliphatic heterocycles. The summed E-state index contributed by atoms with van der Waals surface area (Å²) in [6.45, 7) is 8.25. The molecule has 3 heteroatoms. The zero-order chi connectivity index (χ0) is 11.3. The van der Waals surface area contributed by atoms with E-state index in [0.717, 1.165) is 12.0 Å². The summed E-state index contributed by atoms with van der Waals surface area (Å²) in [7, 11) is 0. The Morgan fingerprint density at radius 3 is 2.73 bits per heavy atom. The predicted octanol–water partition coefficient (Wildman–Crippen LogP) is 2.87. The van der Waals surface area contributed by atoms with E-state index in [0.29, 0.717) is 12.5 Å². The molecule has 86 valence electrons. The van der Waals surface area contributed by atoms with Crippen molar-refractivity contribution in [2.45, 2.75) is 45.6 Å². The Hall–Kier alpha value is -0.990. The number of amides is 1.